The number of halogens is 1. The number of hydrogen-bond donors (Lipinski definition) is 3. The van der Waals surface area contributed by atoms with E-state index in [0.717, 1.165) is 11.3 Å². The Hall–Kier alpha value is -1.85. The van der Waals surface area contributed by atoms with Crippen LogP contribution in [0.25, 0.3) is 0 Å². The van der Waals surface area contributed by atoms with E-state index in [1.807, 2.05) is 18.2 Å². The van der Waals surface area contributed by atoms with Crippen LogP contribution in [0.1, 0.15) is 40.9 Å². The minimum absolute atomic E-state index is 0. The zero-order valence-corrected chi connectivity index (χ0v) is 12.6. The number of benzene rings is 1. The van der Waals surface area contributed by atoms with Gasteiger partial charge in [-0.2, -0.15) is 5.10 Å². The molecule has 2 atom stereocenters. The average Bonchev–Trinajstić information content (AvgIpc) is 3.01. The fourth-order valence-corrected chi connectivity index (χ4v) is 2.33. The number of H-pyrrole nitrogens is 1. The van der Waals surface area contributed by atoms with Gasteiger partial charge in [0, 0.05) is 29.8 Å². The molecule has 5 nitrogen and oxygen atoms in total. The van der Waals surface area contributed by atoms with E-state index >= 15 is 0 Å². The summed E-state index contributed by atoms with van der Waals surface area (Å²) in [5.41, 5.74) is 8.25. The third-order valence-corrected chi connectivity index (χ3v) is 3.80. The van der Waals surface area contributed by atoms with E-state index < -0.39 is 0 Å². The summed E-state index contributed by atoms with van der Waals surface area (Å²) in [5, 5.41) is 9.93. The highest BCUT2D eigenvalue weighted by Gasteiger charge is 2.35. The van der Waals surface area contributed by atoms with Crippen molar-refractivity contribution in [2.45, 2.75) is 25.8 Å². The number of amides is 1. The van der Waals surface area contributed by atoms with Gasteiger partial charge >= 0.3 is 0 Å². The average molecular weight is 307 g/mol. The molecule has 3 rings (SSSR count). The highest BCUT2D eigenvalue weighted by molar-refractivity contribution is 6.03. The molecule has 0 aliphatic heterocycles. The molecule has 0 radical (unpaired) electrons. The Balaban J connectivity index is 0.00000161. The Labute approximate surface area is 129 Å². The molecule has 0 bridgehead atoms. The SMILES string of the molecule is CC1CC1c1cc(NC(=O)c2ccc(CN)cc2)n[nH]1.Cl. The lowest BCUT2D eigenvalue weighted by atomic mass is 10.1. The van der Waals surface area contributed by atoms with Crippen LogP contribution in [0, 0.1) is 5.92 Å². The number of nitrogens with one attached hydrogen (secondary N) is 2. The quantitative estimate of drug-likeness (QED) is 0.812. The molecule has 4 N–H and O–H groups in total. The summed E-state index contributed by atoms with van der Waals surface area (Å²) in [5.74, 6) is 1.70. The summed E-state index contributed by atoms with van der Waals surface area (Å²) in [7, 11) is 0. The summed E-state index contributed by atoms with van der Waals surface area (Å²) in [6, 6.07) is 9.18. The zero-order chi connectivity index (χ0) is 14.1. The minimum Gasteiger partial charge on any atom is -0.326 e. The molecule has 6 heteroatoms. The van der Waals surface area contributed by atoms with Crippen LogP contribution >= 0.6 is 12.4 Å². The predicted octanol–water partition coefficient (Wildman–Crippen LogP) is 2.67. The van der Waals surface area contributed by atoms with Gasteiger partial charge in [-0.25, -0.2) is 0 Å². The van der Waals surface area contributed by atoms with Gasteiger partial charge in [-0.1, -0.05) is 19.1 Å². The maximum absolute atomic E-state index is 12.1. The number of carbonyl (C=O) groups excluding carboxylic acids is 1. The monoisotopic (exact) mass is 306 g/mol. The highest BCUT2D eigenvalue weighted by atomic mass is 35.5. The molecule has 1 amide bonds. The van der Waals surface area contributed by atoms with E-state index in [-0.39, 0.29) is 18.3 Å². The molecule has 1 aromatic carbocycles. The largest absolute Gasteiger partial charge is 0.326 e. The Bertz CT molecular complexity index is 623. The number of nitrogens with zero attached hydrogens (tertiary/aromatic N) is 1. The van der Waals surface area contributed by atoms with Crippen molar-refractivity contribution in [2.24, 2.45) is 11.7 Å². The third-order valence-electron chi connectivity index (χ3n) is 3.80. The summed E-state index contributed by atoms with van der Waals surface area (Å²) in [6.45, 7) is 2.69. The summed E-state index contributed by atoms with van der Waals surface area (Å²) < 4.78 is 0. The van der Waals surface area contributed by atoms with Gasteiger partial charge in [-0.3, -0.25) is 9.89 Å². The predicted molar refractivity (Wildman–Crippen MR) is 84.6 cm³/mol. The highest BCUT2D eigenvalue weighted by Crippen LogP contribution is 2.46. The van der Waals surface area contributed by atoms with E-state index in [1.54, 1.807) is 12.1 Å². The number of anilines is 1. The third kappa shape index (κ3) is 3.43. The molecule has 112 valence electrons. The van der Waals surface area contributed by atoms with Crippen molar-refractivity contribution in [2.75, 3.05) is 5.32 Å². The molecular formula is C15H19ClN4O. The van der Waals surface area contributed by atoms with Crippen LogP contribution in [0.2, 0.25) is 0 Å². The molecule has 1 aliphatic carbocycles. The molecule has 2 unspecified atom stereocenters. The Morgan fingerprint density at radius 1 is 1.43 bits per heavy atom. The maximum atomic E-state index is 12.1. The first-order valence-electron chi connectivity index (χ1n) is 6.83. The van der Waals surface area contributed by atoms with E-state index in [4.69, 9.17) is 5.73 Å². The van der Waals surface area contributed by atoms with Crippen molar-refractivity contribution in [3.63, 3.8) is 0 Å². The summed E-state index contributed by atoms with van der Waals surface area (Å²) in [6.07, 6.45) is 1.19. The maximum Gasteiger partial charge on any atom is 0.256 e. The van der Waals surface area contributed by atoms with E-state index in [1.165, 1.54) is 6.42 Å². The Morgan fingerprint density at radius 2 is 2.10 bits per heavy atom. The van der Waals surface area contributed by atoms with Crippen molar-refractivity contribution >= 4 is 24.1 Å². The number of aromatic nitrogens is 2. The molecular weight excluding hydrogens is 288 g/mol. The molecule has 21 heavy (non-hydrogen) atoms. The Morgan fingerprint density at radius 3 is 2.67 bits per heavy atom. The van der Waals surface area contributed by atoms with Crippen LogP contribution in [-0.2, 0) is 6.54 Å². The standard InChI is InChI=1S/C15H18N4O.ClH/c1-9-6-12(9)13-7-14(19-18-13)17-15(20)11-4-2-10(8-16)3-5-11;/h2-5,7,9,12H,6,8,16H2,1H3,(H2,17,18,19,20);1H. The number of hydrogen-bond acceptors (Lipinski definition) is 3. The lowest BCUT2D eigenvalue weighted by Gasteiger charge is -2.02. The first-order valence-corrected chi connectivity index (χ1v) is 6.83. The van der Waals surface area contributed by atoms with Crippen molar-refractivity contribution in [1.82, 2.24) is 10.2 Å². The molecule has 2 aromatic rings. The first kappa shape index (κ1) is 15.5. The van der Waals surface area contributed by atoms with Crippen LogP contribution in [0.3, 0.4) is 0 Å². The normalized spacial score (nSPS) is 19.7. The molecule has 1 aliphatic rings. The minimum atomic E-state index is -0.157. The second-order valence-corrected chi connectivity index (χ2v) is 5.38. The van der Waals surface area contributed by atoms with Gasteiger partial charge in [0.15, 0.2) is 5.82 Å². The van der Waals surface area contributed by atoms with Gasteiger partial charge in [0.25, 0.3) is 5.91 Å². The molecule has 1 heterocycles. The first-order chi connectivity index (χ1) is 9.67. The summed E-state index contributed by atoms with van der Waals surface area (Å²) in [4.78, 5) is 12.1. The second kappa shape index (κ2) is 6.28. The van der Waals surface area contributed by atoms with Crippen LogP contribution in [-0.4, -0.2) is 16.1 Å². The van der Waals surface area contributed by atoms with Crippen molar-refractivity contribution in [3.8, 4) is 0 Å². The van der Waals surface area contributed by atoms with Gasteiger partial charge in [0.2, 0.25) is 0 Å². The van der Waals surface area contributed by atoms with Crippen molar-refractivity contribution in [1.29, 1.82) is 0 Å². The van der Waals surface area contributed by atoms with Gasteiger partial charge < -0.3 is 11.1 Å². The Kier molecular flexibility index (Phi) is 4.65. The number of nitrogens with two attached hydrogens (primary N) is 1. The number of carbonyl (C=O) groups is 1. The zero-order valence-electron chi connectivity index (χ0n) is 11.8. The lowest BCUT2D eigenvalue weighted by molar-refractivity contribution is 0.102. The molecule has 1 saturated carbocycles. The molecule has 1 fully saturated rings. The molecule has 0 spiro atoms. The number of rotatable bonds is 4. The van der Waals surface area contributed by atoms with Crippen LogP contribution in [0.15, 0.2) is 30.3 Å². The van der Waals surface area contributed by atoms with Crippen LogP contribution in [0.4, 0.5) is 5.82 Å². The van der Waals surface area contributed by atoms with Gasteiger partial charge in [0.1, 0.15) is 0 Å². The lowest BCUT2D eigenvalue weighted by Crippen LogP contribution is -2.12. The fourth-order valence-electron chi connectivity index (χ4n) is 2.33. The molecule has 0 saturated heterocycles. The van der Waals surface area contributed by atoms with Gasteiger partial charge in [-0.15, -0.1) is 12.4 Å². The fraction of sp³-hybridized carbons (Fsp3) is 0.333. The van der Waals surface area contributed by atoms with Crippen molar-refractivity contribution in [3.05, 3.63) is 47.2 Å². The van der Waals surface area contributed by atoms with Crippen LogP contribution in [0.5, 0.6) is 0 Å². The molecule has 1 aromatic heterocycles. The van der Waals surface area contributed by atoms with E-state index in [0.29, 0.717) is 29.8 Å². The van der Waals surface area contributed by atoms with E-state index in [9.17, 15) is 4.79 Å². The summed E-state index contributed by atoms with van der Waals surface area (Å²) >= 11 is 0. The smallest absolute Gasteiger partial charge is 0.256 e. The second-order valence-electron chi connectivity index (χ2n) is 5.38. The number of aromatic amines is 1. The van der Waals surface area contributed by atoms with Crippen LogP contribution < -0.4 is 11.1 Å². The van der Waals surface area contributed by atoms with Gasteiger partial charge in [0.05, 0.1) is 0 Å². The van der Waals surface area contributed by atoms with Crippen molar-refractivity contribution < 1.29 is 4.79 Å². The topological polar surface area (TPSA) is 83.8 Å². The van der Waals surface area contributed by atoms with E-state index in [2.05, 4.69) is 22.4 Å². The van der Waals surface area contributed by atoms with Gasteiger partial charge in [-0.05, 0) is 30.0 Å².